The van der Waals surface area contributed by atoms with E-state index in [1.54, 1.807) is 11.1 Å². The number of rotatable bonds is 3. The lowest BCUT2D eigenvalue weighted by molar-refractivity contribution is -0.0268. The molecule has 0 radical (unpaired) electrons. The summed E-state index contributed by atoms with van der Waals surface area (Å²) in [6, 6.07) is 5.82. The zero-order valence-electron chi connectivity index (χ0n) is 14.3. The maximum atomic E-state index is 12.9. The van der Waals surface area contributed by atoms with E-state index in [9.17, 15) is 4.79 Å². The van der Waals surface area contributed by atoms with Crippen LogP contribution in [0, 0.1) is 6.92 Å². The zero-order chi connectivity index (χ0) is 17.4. The second-order valence-electron chi connectivity index (χ2n) is 6.13. The quantitative estimate of drug-likeness (QED) is 0.781. The minimum Gasteiger partial charge on any atom is -0.366 e. The van der Waals surface area contributed by atoms with Crippen molar-refractivity contribution in [3.8, 4) is 0 Å². The molecule has 3 aromatic rings. The SMILES string of the molecule is CCc1nc(C2CN(C(=O)c3cn4c(C)cccc4n3)CCO2)n[nH]1. The first kappa shape index (κ1) is 15.8. The molecule has 8 heteroatoms. The van der Waals surface area contributed by atoms with E-state index in [1.807, 2.05) is 36.4 Å². The molecule has 1 saturated heterocycles. The predicted molar refractivity (Wildman–Crippen MR) is 90.3 cm³/mol. The summed E-state index contributed by atoms with van der Waals surface area (Å²) in [5.74, 6) is 1.32. The molecule has 1 atom stereocenters. The van der Waals surface area contributed by atoms with Crippen molar-refractivity contribution in [1.29, 1.82) is 0 Å². The van der Waals surface area contributed by atoms with Gasteiger partial charge in [0.2, 0.25) is 0 Å². The van der Waals surface area contributed by atoms with Crippen molar-refractivity contribution in [2.45, 2.75) is 26.4 Å². The third kappa shape index (κ3) is 2.89. The third-order valence-corrected chi connectivity index (χ3v) is 4.44. The van der Waals surface area contributed by atoms with E-state index < -0.39 is 0 Å². The number of morpholine rings is 1. The lowest BCUT2D eigenvalue weighted by atomic mass is 10.2. The molecular weight excluding hydrogens is 320 g/mol. The average Bonchev–Trinajstić information content (AvgIpc) is 3.29. The first-order chi connectivity index (χ1) is 12.2. The van der Waals surface area contributed by atoms with Crippen molar-refractivity contribution in [3.63, 3.8) is 0 Å². The maximum Gasteiger partial charge on any atom is 0.274 e. The number of fused-ring (bicyclic) bond motifs is 1. The number of aromatic nitrogens is 5. The summed E-state index contributed by atoms with van der Waals surface area (Å²) in [6.07, 6.45) is 2.26. The molecule has 1 fully saturated rings. The fourth-order valence-corrected chi connectivity index (χ4v) is 3.02. The van der Waals surface area contributed by atoms with Crippen molar-refractivity contribution >= 4 is 11.6 Å². The summed E-state index contributed by atoms with van der Waals surface area (Å²) in [5, 5.41) is 7.10. The van der Waals surface area contributed by atoms with Gasteiger partial charge >= 0.3 is 0 Å². The van der Waals surface area contributed by atoms with Crippen LogP contribution in [0.3, 0.4) is 0 Å². The van der Waals surface area contributed by atoms with Crippen LogP contribution in [0.15, 0.2) is 24.4 Å². The van der Waals surface area contributed by atoms with Gasteiger partial charge in [-0.25, -0.2) is 9.97 Å². The van der Waals surface area contributed by atoms with Crippen LogP contribution in [0.1, 0.15) is 40.9 Å². The summed E-state index contributed by atoms with van der Waals surface area (Å²) in [4.78, 5) is 23.5. The fraction of sp³-hybridized carbons (Fsp3) is 0.412. The summed E-state index contributed by atoms with van der Waals surface area (Å²) in [6.45, 7) is 5.41. The number of nitrogens with one attached hydrogen (secondary N) is 1. The van der Waals surface area contributed by atoms with Crippen LogP contribution in [0.25, 0.3) is 5.65 Å². The van der Waals surface area contributed by atoms with Gasteiger partial charge in [0.25, 0.3) is 5.91 Å². The molecule has 1 unspecified atom stereocenters. The molecule has 0 bridgehead atoms. The second-order valence-corrected chi connectivity index (χ2v) is 6.13. The summed E-state index contributed by atoms with van der Waals surface area (Å²) >= 11 is 0. The Bertz CT molecular complexity index is 915. The lowest BCUT2D eigenvalue weighted by Crippen LogP contribution is -2.42. The zero-order valence-corrected chi connectivity index (χ0v) is 14.3. The van der Waals surface area contributed by atoms with Crippen LogP contribution in [-0.2, 0) is 11.2 Å². The van der Waals surface area contributed by atoms with Gasteiger partial charge in [-0.05, 0) is 19.1 Å². The highest BCUT2D eigenvalue weighted by molar-refractivity contribution is 5.93. The Hall–Kier alpha value is -2.74. The number of carbonyl (C=O) groups is 1. The number of nitrogens with zero attached hydrogens (tertiary/aromatic N) is 5. The molecule has 0 spiro atoms. The highest BCUT2D eigenvalue weighted by atomic mass is 16.5. The topological polar surface area (TPSA) is 88.4 Å². The van der Waals surface area contributed by atoms with Gasteiger partial charge in [-0.15, -0.1) is 0 Å². The number of ether oxygens (including phenoxy) is 1. The molecule has 1 aliphatic heterocycles. The number of hydrogen-bond acceptors (Lipinski definition) is 5. The van der Waals surface area contributed by atoms with Gasteiger partial charge in [-0.1, -0.05) is 13.0 Å². The second kappa shape index (κ2) is 6.29. The monoisotopic (exact) mass is 340 g/mol. The van der Waals surface area contributed by atoms with Crippen LogP contribution < -0.4 is 0 Å². The number of aromatic amines is 1. The minimum absolute atomic E-state index is 0.0948. The standard InChI is InChI=1S/C17H20N6O2/c1-3-14-19-16(21-20-14)13-10-22(7-8-25-13)17(24)12-9-23-11(2)5-4-6-15(23)18-12/h4-6,9,13H,3,7-8,10H2,1-2H3,(H,19,20,21). The van der Waals surface area contributed by atoms with Crippen LogP contribution >= 0.6 is 0 Å². The van der Waals surface area contributed by atoms with E-state index in [2.05, 4.69) is 20.2 Å². The first-order valence-corrected chi connectivity index (χ1v) is 8.42. The van der Waals surface area contributed by atoms with E-state index >= 15 is 0 Å². The third-order valence-electron chi connectivity index (χ3n) is 4.44. The van der Waals surface area contributed by atoms with Crippen LogP contribution in [0.5, 0.6) is 0 Å². The van der Waals surface area contributed by atoms with Crippen molar-refractivity contribution in [1.82, 2.24) is 29.5 Å². The number of aryl methyl sites for hydroxylation is 2. The largest absolute Gasteiger partial charge is 0.366 e. The van der Waals surface area contributed by atoms with E-state index in [-0.39, 0.29) is 12.0 Å². The molecule has 0 aromatic carbocycles. The van der Waals surface area contributed by atoms with Crippen LogP contribution in [0.2, 0.25) is 0 Å². The van der Waals surface area contributed by atoms with E-state index in [1.165, 1.54) is 0 Å². The van der Waals surface area contributed by atoms with E-state index in [0.29, 0.717) is 31.2 Å². The summed E-state index contributed by atoms with van der Waals surface area (Å²) in [7, 11) is 0. The Labute approximate surface area is 144 Å². The Kier molecular flexibility index (Phi) is 3.96. The van der Waals surface area contributed by atoms with E-state index in [4.69, 9.17) is 4.74 Å². The minimum atomic E-state index is -0.312. The highest BCUT2D eigenvalue weighted by Crippen LogP contribution is 2.21. The Morgan fingerprint density at radius 3 is 3.04 bits per heavy atom. The molecule has 130 valence electrons. The van der Waals surface area contributed by atoms with Crippen molar-refractivity contribution in [2.75, 3.05) is 19.7 Å². The number of H-pyrrole nitrogens is 1. The molecule has 4 heterocycles. The normalized spacial score (nSPS) is 18.0. The Balaban J connectivity index is 1.55. The number of amides is 1. The fourth-order valence-electron chi connectivity index (χ4n) is 3.02. The smallest absolute Gasteiger partial charge is 0.274 e. The molecular formula is C17H20N6O2. The molecule has 0 aliphatic carbocycles. The Morgan fingerprint density at radius 2 is 2.28 bits per heavy atom. The van der Waals surface area contributed by atoms with Gasteiger partial charge in [-0.2, -0.15) is 5.10 Å². The molecule has 4 rings (SSSR count). The predicted octanol–water partition coefficient (Wildman–Crippen LogP) is 1.54. The molecule has 1 N–H and O–H groups in total. The molecule has 0 saturated carbocycles. The van der Waals surface area contributed by atoms with Gasteiger partial charge in [-0.3, -0.25) is 9.89 Å². The maximum absolute atomic E-state index is 12.9. The van der Waals surface area contributed by atoms with Crippen LogP contribution in [-0.4, -0.2) is 55.1 Å². The molecule has 8 nitrogen and oxygen atoms in total. The molecule has 1 aliphatic rings. The molecule has 1 amide bonds. The Morgan fingerprint density at radius 1 is 1.40 bits per heavy atom. The summed E-state index contributed by atoms with van der Waals surface area (Å²) < 4.78 is 7.68. The van der Waals surface area contributed by atoms with Crippen molar-refractivity contribution in [2.24, 2.45) is 0 Å². The van der Waals surface area contributed by atoms with Gasteiger partial charge in [0, 0.05) is 24.9 Å². The first-order valence-electron chi connectivity index (χ1n) is 8.42. The van der Waals surface area contributed by atoms with Crippen molar-refractivity contribution in [3.05, 3.63) is 47.4 Å². The summed E-state index contributed by atoms with van der Waals surface area (Å²) in [5.41, 5.74) is 2.26. The molecule has 3 aromatic heterocycles. The number of carbonyl (C=O) groups excluding carboxylic acids is 1. The van der Waals surface area contributed by atoms with Crippen LogP contribution in [0.4, 0.5) is 0 Å². The average molecular weight is 340 g/mol. The number of pyridine rings is 1. The van der Waals surface area contributed by atoms with E-state index in [0.717, 1.165) is 23.6 Å². The number of hydrogen-bond donors (Lipinski definition) is 1. The lowest BCUT2D eigenvalue weighted by Gasteiger charge is -2.31. The molecule has 25 heavy (non-hydrogen) atoms. The van der Waals surface area contributed by atoms with Gasteiger partial charge < -0.3 is 14.0 Å². The van der Waals surface area contributed by atoms with Gasteiger partial charge in [0.05, 0.1) is 13.2 Å². The van der Waals surface area contributed by atoms with Gasteiger partial charge in [0.1, 0.15) is 23.3 Å². The number of imidazole rings is 1. The van der Waals surface area contributed by atoms with Crippen molar-refractivity contribution < 1.29 is 9.53 Å². The highest BCUT2D eigenvalue weighted by Gasteiger charge is 2.29. The van der Waals surface area contributed by atoms with Gasteiger partial charge in [0.15, 0.2) is 5.82 Å².